The van der Waals surface area contributed by atoms with Crippen LogP contribution in [0.15, 0.2) is 30.3 Å². The summed E-state index contributed by atoms with van der Waals surface area (Å²) in [4.78, 5) is 39.1. The summed E-state index contributed by atoms with van der Waals surface area (Å²) in [5.41, 5.74) is 0.757. The van der Waals surface area contributed by atoms with Crippen molar-refractivity contribution < 1.29 is 23.9 Å². The number of aromatic amines is 1. The normalized spacial score (nSPS) is 11.1. The van der Waals surface area contributed by atoms with Crippen LogP contribution in [0.1, 0.15) is 70.2 Å². The summed E-state index contributed by atoms with van der Waals surface area (Å²) in [5.74, 6) is -1.27. The zero-order valence-electron chi connectivity index (χ0n) is 15.4. The van der Waals surface area contributed by atoms with E-state index in [1.54, 1.807) is 27.7 Å². The van der Waals surface area contributed by atoms with Crippen LogP contribution in [0, 0.1) is 0 Å². The smallest absolute Gasteiger partial charge is 0.355 e. The van der Waals surface area contributed by atoms with E-state index in [0.29, 0.717) is 18.3 Å². The lowest BCUT2D eigenvalue weighted by Gasteiger charge is -2.19. The van der Waals surface area contributed by atoms with E-state index >= 15 is 0 Å². The van der Waals surface area contributed by atoms with Crippen molar-refractivity contribution in [2.45, 2.75) is 46.3 Å². The number of hydrogen-bond donors (Lipinski definition) is 1. The molecule has 1 aromatic heterocycles. The number of hydrogen-bond acceptors (Lipinski definition) is 5. The molecule has 0 bridgehead atoms. The van der Waals surface area contributed by atoms with Gasteiger partial charge in [-0.15, -0.1) is 0 Å². The molecule has 0 spiro atoms. The first-order valence-corrected chi connectivity index (χ1v) is 8.41. The number of rotatable bonds is 6. The first-order valence-electron chi connectivity index (χ1n) is 8.41. The lowest BCUT2D eigenvalue weighted by molar-refractivity contribution is 0.00624. The van der Waals surface area contributed by atoms with Crippen molar-refractivity contribution in [1.82, 2.24) is 4.98 Å². The van der Waals surface area contributed by atoms with Crippen LogP contribution >= 0.6 is 0 Å². The minimum atomic E-state index is -0.692. The molecule has 0 radical (unpaired) electrons. The molecule has 1 N–H and O–H groups in total. The van der Waals surface area contributed by atoms with Gasteiger partial charge in [0.1, 0.15) is 17.9 Å². The van der Waals surface area contributed by atoms with E-state index in [1.807, 2.05) is 30.3 Å². The Labute approximate surface area is 152 Å². The molecule has 6 heteroatoms. The number of carbonyl (C=O) groups is 3. The molecule has 2 aromatic rings. The number of H-pyrrole nitrogens is 1. The van der Waals surface area contributed by atoms with Crippen molar-refractivity contribution >= 4 is 18.2 Å². The summed E-state index contributed by atoms with van der Waals surface area (Å²) in [6, 6.07) is 9.21. The summed E-state index contributed by atoms with van der Waals surface area (Å²) in [7, 11) is 0. The second kappa shape index (κ2) is 7.99. The highest BCUT2D eigenvalue weighted by atomic mass is 16.6. The number of benzene rings is 1. The van der Waals surface area contributed by atoms with Gasteiger partial charge in [0, 0.05) is 0 Å². The molecule has 2 rings (SSSR count). The Morgan fingerprint density at radius 2 is 1.77 bits per heavy atom. The van der Waals surface area contributed by atoms with Gasteiger partial charge in [-0.2, -0.15) is 0 Å². The van der Waals surface area contributed by atoms with Crippen LogP contribution in [0.25, 0.3) is 0 Å². The highest BCUT2D eigenvalue weighted by molar-refractivity contribution is 6.03. The molecular formula is C20H23NO5. The van der Waals surface area contributed by atoms with Crippen molar-refractivity contribution in [2.75, 3.05) is 0 Å². The lowest BCUT2D eigenvalue weighted by Crippen LogP contribution is -2.24. The lowest BCUT2D eigenvalue weighted by atomic mass is 10.1. The summed E-state index contributed by atoms with van der Waals surface area (Å²) in [6.07, 6.45) is 0.876. The highest BCUT2D eigenvalue weighted by Gasteiger charge is 2.29. The van der Waals surface area contributed by atoms with Gasteiger partial charge in [0.2, 0.25) is 0 Å². The maximum atomic E-state index is 12.5. The Bertz CT molecular complexity index is 800. The molecule has 0 atom stereocenters. The zero-order chi connectivity index (χ0) is 19.3. The standard InChI is InChI=1S/C20H23NO5/c1-5-14-16(18(23)25-12-13-9-7-6-8-10-13)15(11-22)21-17(14)19(24)26-20(2,3)4/h6-11,21H,5,12H2,1-4H3. The molecule has 0 saturated heterocycles. The van der Waals surface area contributed by atoms with E-state index in [4.69, 9.17) is 9.47 Å². The Kier molecular flexibility index (Phi) is 5.97. The van der Waals surface area contributed by atoms with Gasteiger partial charge in [-0.25, -0.2) is 9.59 Å². The minimum absolute atomic E-state index is 0.0146. The molecule has 0 aliphatic carbocycles. The Morgan fingerprint density at radius 3 is 2.31 bits per heavy atom. The molecule has 0 aliphatic rings. The van der Waals surface area contributed by atoms with E-state index in [9.17, 15) is 14.4 Å². The summed E-state index contributed by atoms with van der Waals surface area (Å²) >= 11 is 0. The maximum absolute atomic E-state index is 12.5. The van der Waals surface area contributed by atoms with Crippen LogP contribution in [0.4, 0.5) is 0 Å². The van der Waals surface area contributed by atoms with Crippen LogP contribution in [0.5, 0.6) is 0 Å². The fraction of sp³-hybridized carbons (Fsp3) is 0.350. The van der Waals surface area contributed by atoms with Crippen LogP contribution in [0.2, 0.25) is 0 Å². The Balaban J connectivity index is 2.30. The third kappa shape index (κ3) is 4.59. The summed E-state index contributed by atoms with van der Waals surface area (Å²) in [6.45, 7) is 7.10. The number of esters is 2. The van der Waals surface area contributed by atoms with Crippen molar-refractivity contribution in [1.29, 1.82) is 0 Å². The SMILES string of the molecule is CCc1c(C(=O)OC(C)(C)C)[nH]c(C=O)c1C(=O)OCc1ccccc1. The van der Waals surface area contributed by atoms with E-state index in [0.717, 1.165) is 5.56 Å². The summed E-state index contributed by atoms with van der Waals surface area (Å²) < 4.78 is 10.7. The fourth-order valence-electron chi connectivity index (χ4n) is 2.53. The average Bonchev–Trinajstić information content (AvgIpc) is 2.98. The van der Waals surface area contributed by atoms with Crippen LogP contribution in [-0.2, 0) is 22.5 Å². The maximum Gasteiger partial charge on any atom is 0.355 e. The predicted molar refractivity (Wildman–Crippen MR) is 96.3 cm³/mol. The third-order valence-electron chi connectivity index (χ3n) is 3.62. The van der Waals surface area contributed by atoms with Gasteiger partial charge >= 0.3 is 11.9 Å². The van der Waals surface area contributed by atoms with Gasteiger partial charge in [0.25, 0.3) is 0 Å². The van der Waals surface area contributed by atoms with Crippen molar-refractivity contribution in [3.63, 3.8) is 0 Å². The molecule has 0 unspecified atom stereocenters. The van der Waals surface area contributed by atoms with Gasteiger partial charge in [-0.05, 0) is 38.3 Å². The first-order chi connectivity index (χ1) is 12.3. The van der Waals surface area contributed by atoms with Gasteiger partial charge in [0.15, 0.2) is 6.29 Å². The first kappa shape index (κ1) is 19.4. The predicted octanol–water partition coefficient (Wildman–Crippen LogP) is 3.70. The van der Waals surface area contributed by atoms with Crippen LogP contribution < -0.4 is 0 Å². The molecule has 0 amide bonds. The zero-order valence-corrected chi connectivity index (χ0v) is 15.4. The third-order valence-corrected chi connectivity index (χ3v) is 3.62. The molecule has 6 nitrogen and oxygen atoms in total. The molecule has 26 heavy (non-hydrogen) atoms. The van der Waals surface area contributed by atoms with Crippen molar-refractivity contribution in [2.24, 2.45) is 0 Å². The number of aromatic nitrogens is 1. The largest absolute Gasteiger partial charge is 0.457 e. The van der Waals surface area contributed by atoms with E-state index in [1.165, 1.54) is 0 Å². The number of ether oxygens (including phenoxy) is 2. The monoisotopic (exact) mass is 357 g/mol. The topological polar surface area (TPSA) is 85.5 Å². The highest BCUT2D eigenvalue weighted by Crippen LogP contribution is 2.23. The molecule has 1 aromatic carbocycles. The number of nitrogens with one attached hydrogen (secondary N) is 1. The van der Waals surface area contributed by atoms with Crippen molar-refractivity contribution in [3.05, 3.63) is 58.4 Å². The quantitative estimate of drug-likeness (QED) is 0.629. The van der Waals surface area contributed by atoms with E-state index < -0.39 is 17.5 Å². The van der Waals surface area contributed by atoms with Gasteiger partial charge in [-0.1, -0.05) is 37.3 Å². The molecule has 1 heterocycles. The molecular weight excluding hydrogens is 334 g/mol. The average molecular weight is 357 g/mol. The number of aldehydes is 1. The molecule has 0 saturated carbocycles. The Morgan fingerprint density at radius 1 is 1.12 bits per heavy atom. The molecule has 138 valence electrons. The second-order valence-corrected chi connectivity index (χ2v) is 6.80. The molecule has 0 aliphatic heterocycles. The molecule has 0 fully saturated rings. The van der Waals surface area contributed by atoms with Gasteiger partial charge in [0.05, 0.1) is 11.3 Å². The van der Waals surface area contributed by atoms with Crippen LogP contribution in [-0.4, -0.2) is 28.8 Å². The fourth-order valence-corrected chi connectivity index (χ4v) is 2.53. The van der Waals surface area contributed by atoms with Crippen LogP contribution in [0.3, 0.4) is 0 Å². The minimum Gasteiger partial charge on any atom is -0.457 e. The number of carbonyl (C=O) groups excluding carboxylic acids is 3. The Hall–Kier alpha value is -2.89. The van der Waals surface area contributed by atoms with Crippen molar-refractivity contribution in [3.8, 4) is 0 Å². The van der Waals surface area contributed by atoms with E-state index in [-0.39, 0.29) is 23.6 Å². The van der Waals surface area contributed by atoms with Gasteiger partial charge in [-0.3, -0.25) is 4.79 Å². The van der Waals surface area contributed by atoms with E-state index in [2.05, 4.69) is 4.98 Å². The van der Waals surface area contributed by atoms with Gasteiger partial charge < -0.3 is 14.5 Å². The summed E-state index contributed by atoms with van der Waals surface area (Å²) in [5, 5.41) is 0. The second-order valence-electron chi connectivity index (χ2n) is 6.80.